The summed E-state index contributed by atoms with van der Waals surface area (Å²) in [4.78, 5) is 23.2. The van der Waals surface area contributed by atoms with Crippen molar-refractivity contribution in [2.45, 2.75) is 52.1 Å². The maximum absolute atomic E-state index is 11.8. The molecule has 116 valence electrons. The molecule has 1 N–H and O–H groups in total. The fraction of sp³-hybridized carbons (Fsp3) is 0.529. The highest BCUT2D eigenvalue weighted by Crippen LogP contribution is 2.26. The van der Waals surface area contributed by atoms with Crippen molar-refractivity contribution in [1.29, 1.82) is 0 Å². The average Bonchev–Trinajstić information content (AvgIpc) is 2.36. The van der Waals surface area contributed by atoms with Crippen molar-refractivity contribution in [1.82, 2.24) is 0 Å². The average molecular weight is 292 g/mol. The first-order valence-electron chi connectivity index (χ1n) is 7.18. The third kappa shape index (κ3) is 6.43. The van der Waals surface area contributed by atoms with Crippen LogP contribution in [0.5, 0.6) is 0 Å². The van der Waals surface area contributed by atoms with Crippen molar-refractivity contribution in [2.75, 3.05) is 0 Å². The lowest BCUT2D eigenvalue weighted by molar-refractivity contribution is -0.160. The molecule has 4 nitrogen and oxygen atoms in total. The van der Waals surface area contributed by atoms with E-state index >= 15 is 0 Å². The van der Waals surface area contributed by atoms with E-state index in [0.29, 0.717) is 6.42 Å². The lowest BCUT2D eigenvalue weighted by Gasteiger charge is -2.22. The van der Waals surface area contributed by atoms with Crippen LogP contribution in [0.15, 0.2) is 30.3 Å². The number of carbonyl (C=O) groups excluding carboxylic acids is 1. The molecule has 1 aromatic carbocycles. The maximum atomic E-state index is 11.8. The van der Waals surface area contributed by atoms with E-state index in [9.17, 15) is 14.7 Å². The number of hydrogen-bond donors (Lipinski definition) is 1. The molecule has 0 bridgehead atoms. The first kappa shape index (κ1) is 17.2. The third-order valence-electron chi connectivity index (χ3n) is 3.19. The predicted molar refractivity (Wildman–Crippen MR) is 81.1 cm³/mol. The summed E-state index contributed by atoms with van der Waals surface area (Å²) in [6.07, 6.45) is 0.322. The van der Waals surface area contributed by atoms with Crippen LogP contribution in [0.1, 0.15) is 52.0 Å². The van der Waals surface area contributed by atoms with Gasteiger partial charge in [0.2, 0.25) is 0 Å². The molecular formula is C17H24O4. The SMILES string of the molecule is C[C@H](CC(CC(=O)OC(C)(C)C)C(=O)O)c1ccccc1. The second-order valence-corrected chi connectivity index (χ2v) is 6.37. The van der Waals surface area contributed by atoms with Gasteiger partial charge in [-0.05, 0) is 38.7 Å². The maximum Gasteiger partial charge on any atom is 0.307 e. The Hall–Kier alpha value is -1.84. The van der Waals surface area contributed by atoms with Gasteiger partial charge in [-0.3, -0.25) is 9.59 Å². The van der Waals surface area contributed by atoms with Crippen LogP contribution in [0.25, 0.3) is 0 Å². The molecule has 21 heavy (non-hydrogen) atoms. The molecule has 2 atom stereocenters. The quantitative estimate of drug-likeness (QED) is 0.813. The molecule has 0 saturated heterocycles. The van der Waals surface area contributed by atoms with Crippen LogP contribution in [0.3, 0.4) is 0 Å². The molecule has 0 fully saturated rings. The van der Waals surface area contributed by atoms with Gasteiger partial charge in [-0.15, -0.1) is 0 Å². The summed E-state index contributed by atoms with van der Waals surface area (Å²) in [6, 6.07) is 9.71. The summed E-state index contributed by atoms with van der Waals surface area (Å²) in [6.45, 7) is 7.29. The Morgan fingerprint density at radius 1 is 1.19 bits per heavy atom. The van der Waals surface area contributed by atoms with Gasteiger partial charge in [0, 0.05) is 0 Å². The number of hydrogen-bond acceptors (Lipinski definition) is 3. The second-order valence-electron chi connectivity index (χ2n) is 6.37. The largest absolute Gasteiger partial charge is 0.481 e. The molecule has 0 heterocycles. The van der Waals surface area contributed by atoms with Gasteiger partial charge < -0.3 is 9.84 Å². The van der Waals surface area contributed by atoms with Gasteiger partial charge in [-0.25, -0.2) is 0 Å². The van der Waals surface area contributed by atoms with Crippen LogP contribution in [-0.4, -0.2) is 22.6 Å². The van der Waals surface area contributed by atoms with Crippen molar-refractivity contribution < 1.29 is 19.4 Å². The Bertz CT molecular complexity index is 473. The van der Waals surface area contributed by atoms with E-state index < -0.39 is 23.5 Å². The molecule has 4 heteroatoms. The van der Waals surface area contributed by atoms with Gasteiger partial charge in [-0.1, -0.05) is 37.3 Å². The number of carboxylic acids is 1. The topological polar surface area (TPSA) is 63.6 Å². The number of esters is 1. The van der Waals surface area contributed by atoms with Gasteiger partial charge in [-0.2, -0.15) is 0 Å². The molecule has 1 aromatic rings. The summed E-state index contributed by atoms with van der Waals surface area (Å²) < 4.78 is 5.20. The number of rotatable bonds is 6. The zero-order valence-corrected chi connectivity index (χ0v) is 13.1. The van der Waals surface area contributed by atoms with Crippen LogP contribution in [0.2, 0.25) is 0 Å². The molecule has 0 aliphatic carbocycles. The van der Waals surface area contributed by atoms with Gasteiger partial charge in [0.05, 0.1) is 12.3 Å². The lowest BCUT2D eigenvalue weighted by Crippen LogP contribution is -2.27. The zero-order valence-electron chi connectivity index (χ0n) is 13.1. The molecule has 1 rings (SSSR count). The van der Waals surface area contributed by atoms with E-state index in [1.807, 2.05) is 37.3 Å². The fourth-order valence-corrected chi connectivity index (χ4v) is 2.20. The molecule has 0 saturated carbocycles. The van der Waals surface area contributed by atoms with Crippen molar-refractivity contribution in [3.05, 3.63) is 35.9 Å². The van der Waals surface area contributed by atoms with Gasteiger partial charge in [0.25, 0.3) is 0 Å². The molecule has 1 unspecified atom stereocenters. The Balaban J connectivity index is 2.66. The number of aliphatic carboxylic acids is 1. The molecule has 0 radical (unpaired) electrons. The highest BCUT2D eigenvalue weighted by Gasteiger charge is 2.27. The van der Waals surface area contributed by atoms with E-state index in [4.69, 9.17) is 4.74 Å². The van der Waals surface area contributed by atoms with Crippen molar-refractivity contribution in [3.63, 3.8) is 0 Å². The molecule has 0 amide bonds. The zero-order chi connectivity index (χ0) is 16.0. The minimum Gasteiger partial charge on any atom is -0.481 e. The minimum absolute atomic E-state index is 0.0785. The number of carbonyl (C=O) groups is 2. The monoisotopic (exact) mass is 292 g/mol. The van der Waals surface area contributed by atoms with Crippen LogP contribution in [-0.2, 0) is 14.3 Å². The van der Waals surface area contributed by atoms with Crippen LogP contribution < -0.4 is 0 Å². The number of benzene rings is 1. The summed E-state index contributed by atoms with van der Waals surface area (Å²) in [5.74, 6) is -2.07. The van der Waals surface area contributed by atoms with E-state index in [2.05, 4.69) is 0 Å². The Morgan fingerprint density at radius 2 is 1.76 bits per heavy atom. The fourth-order valence-electron chi connectivity index (χ4n) is 2.20. The highest BCUT2D eigenvalue weighted by atomic mass is 16.6. The van der Waals surface area contributed by atoms with E-state index in [-0.39, 0.29) is 12.3 Å². The smallest absolute Gasteiger partial charge is 0.307 e. The van der Waals surface area contributed by atoms with E-state index in [0.717, 1.165) is 5.56 Å². The van der Waals surface area contributed by atoms with E-state index in [1.165, 1.54) is 0 Å². The second kappa shape index (κ2) is 7.25. The molecular weight excluding hydrogens is 268 g/mol. The first-order chi connectivity index (χ1) is 9.69. The molecule has 0 aromatic heterocycles. The Morgan fingerprint density at radius 3 is 2.24 bits per heavy atom. The predicted octanol–water partition coefficient (Wildman–Crippen LogP) is 3.61. The highest BCUT2D eigenvalue weighted by molar-refractivity contribution is 5.79. The van der Waals surface area contributed by atoms with Gasteiger partial charge >= 0.3 is 11.9 Å². The summed E-state index contributed by atoms with van der Waals surface area (Å²) in [5.41, 5.74) is 0.485. The van der Waals surface area contributed by atoms with Gasteiger partial charge in [0.15, 0.2) is 0 Å². The van der Waals surface area contributed by atoms with Crippen LogP contribution in [0, 0.1) is 5.92 Å². The van der Waals surface area contributed by atoms with Crippen molar-refractivity contribution in [3.8, 4) is 0 Å². The van der Waals surface area contributed by atoms with Crippen LogP contribution >= 0.6 is 0 Å². The molecule has 0 spiro atoms. The lowest BCUT2D eigenvalue weighted by atomic mass is 9.88. The normalized spacial score (nSPS) is 14.3. The first-order valence-corrected chi connectivity index (χ1v) is 7.18. The Kier molecular flexibility index (Phi) is 5.94. The number of ether oxygens (including phenoxy) is 1. The molecule has 0 aliphatic heterocycles. The van der Waals surface area contributed by atoms with Crippen molar-refractivity contribution in [2.24, 2.45) is 5.92 Å². The standard InChI is InChI=1S/C17H24O4/c1-12(13-8-6-5-7-9-13)10-14(16(19)20)11-15(18)21-17(2,3)4/h5-9,12,14H,10-11H2,1-4H3,(H,19,20)/t12-,14?/m1/s1. The number of carboxylic acid groups (broad SMARTS) is 1. The summed E-state index contributed by atoms with van der Waals surface area (Å²) >= 11 is 0. The molecule has 0 aliphatic rings. The third-order valence-corrected chi connectivity index (χ3v) is 3.19. The summed E-state index contributed by atoms with van der Waals surface area (Å²) in [7, 11) is 0. The Labute approximate surface area is 126 Å². The van der Waals surface area contributed by atoms with Gasteiger partial charge in [0.1, 0.15) is 5.60 Å². The van der Waals surface area contributed by atoms with Crippen LogP contribution in [0.4, 0.5) is 0 Å². The summed E-state index contributed by atoms with van der Waals surface area (Å²) in [5, 5.41) is 9.31. The minimum atomic E-state index is -0.955. The van der Waals surface area contributed by atoms with Crippen molar-refractivity contribution >= 4 is 11.9 Å². The van der Waals surface area contributed by atoms with E-state index in [1.54, 1.807) is 20.8 Å².